The molecule has 5 nitrogen and oxygen atoms in total. The topological polar surface area (TPSA) is 64.0 Å². The minimum Gasteiger partial charge on any atom is -0.355 e. The lowest BCUT2D eigenvalue weighted by Gasteiger charge is -2.13. The van der Waals surface area contributed by atoms with Crippen molar-refractivity contribution >= 4 is 16.8 Å². The van der Waals surface area contributed by atoms with Gasteiger partial charge in [-0.2, -0.15) is 0 Å². The van der Waals surface area contributed by atoms with E-state index in [1.165, 1.54) is 0 Å². The number of hydrogen-bond acceptors (Lipinski definition) is 3. The molecule has 0 aliphatic rings. The van der Waals surface area contributed by atoms with Crippen molar-refractivity contribution in [1.29, 1.82) is 0 Å². The molecular formula is C17H23N3O2. The van der Waals surface area contributed by atoms with Crippen molar-refractivity contribution in [2.45, 2.75) is 40.7 Å². The van der Waals surface area contributed by atoms with Gasteiger partial charge in [0.1, 0.15) is 5.82 Å². The number of para-hydroxylation sites is 1. The number of nitrogens with zero attached hydrogens (tertiary/aromatic N) is 2. The van der Waals surface area contributed by atoms with E-state index in [4.69, 9.17) is 0 Å². The molecule has 0 aliphatic carbocycles. The smallest absolute Gasteiger partial charge is 0.261 e. The Kier molecular flexibility index (Phi) is 4.96. The lowest BCUT2D eigenvalue weighted by molar-refractivity contribution is -0.123. The van der Waals surface area contributed by atoms with E-state index in [9.17, 15) is 9.59 Å². The van der Waals surface area contributed by atoms with Crippen molar-refractivity contribution in [3.63, 3.8) is 0 Å². The molecule has 118 valence electrons. The van der Waals surface area contributed by atoms with Crippen LogP contribution in [0, 0.1) is 12.8 Å². The predicted molar refractivity (Wildman–Crippen MR) is 88.0 cm³/mol. The highest BCUT2D eigenvalue weighted by Gasteiger charge is 2.12. The summed E-state index contributed by atoms with van der Waals surface area (Å²) in [7, 11) is 0. The molecule has 1 amide bonds. The molecule has 0 bridgehead atoms. The fourth-order valence-electron chi connectivity index (χ4n) is 2.45. The van der Waals surface area contributed by atoms with E-state index < -0.39 is 0 Å². The molecule has 5 heteroatoms. The van der Waals surface area contributed by atoms with Crippen molar-refractivity contribution < 1.29 is 4.79 Å². The van der Waals surface area contributed by atoms with Crippen molar-refractivity contribution in [2.75, 3.05) is 6.54 Å². The summed E-state index contributed by atoms with van der Waals surface area (Å²) < 4.78 is 1.68. The molecule has 0 saturated heterocycles. The van der Waals surface area contributed by atoms with Gasteiger partial charge in [0.05, 0.1) is 10.9 Å². The van der Waals surface area contributed by atoms with E-state index in [1.807, 2.05) is 45.9 Å². The van der Waals surface area contributed by atoms with Crippen LogP contribution in [0.5, 0.6) is 0 Å². The zero-order chi connectivity index (χ0) is 16.3. The minimum atomic E-state index is -0.0415. The van der Waals surface area contributed by atoms with Crippen molar-refractivity contribution in [3.8, 4) is 0 Å². The molecule has 0 radical (unpaired) electrons. The highest BCUT2D eigenvalue weighted by molar-refractivity contribution is 5.80. The summed E-state index contributed by atoms with van der Waals surface area (Å²) in [4.78, 5) is 28.9. The lowest BCUT2D eigenvalue weighted by Crippen LogP contribution is -2.32. The predicted octanol–water partition coefficient (Wildman–Crippen LogP) is 2.04. The average molecular weight is 301 g/mol. The first-order valence-electron chi connectivity index (χ1n) is 7.72. The van der Waals surface area contributed by atoms with Gasteiger partial charge >= 0.3 is 0 Å². The number of fused-ring (bicyclic) bond motifs is 1. The van der Waals surface area contributed by atoms with Crippen LogP contribution in [0.15, 0.2) is 23.0 Å². The number of aryl methyl sites for hydroxylation is 1. The van der Waals surface area contributed by atoms with Crippen molar-refractivity contribution in [1.82, 2.24) is 14.9 Å². The van der Waals surface area contributed by atoms with Gasteiger partial charge in [-0.05, 0) is 25.5 Å². The third-order valence-corrected chi connectivity index (χ3v) is 3.75. The van der Waals surface area contributed by atoms with Crippen LogP contribution >= 0.6 is 0 Å². The summed E-state index contributed by atoms with van der Waals surface area (Å²) in [6.07, 6.45) is 0.547. The van der Waals surface area contributed by atoms with Gasteiger partial charge in [0.15, 0.2) is 0 Å². The molecule has 1 heterocycles. The molecule has 0 unspecified atom stereocenters. The Morgan fingerprint density at radius 1 is 1.36 bits per heavy atom. The first kappa shape index (κ1) is 16.2. The number of carbonyl (C=O) groups excluding carboxylic acids is 1. The zero-order valence-corrected chi connectivity index (χ0v) is 13.6. The molecule has 0 atom stereocenters. The highest BCUT2D eigenvalue weighted by atomic mass is 16.1. The molecule has 2 rings (SSSR count). The van der Waals surface area contributed by atoms with Gasteiger partial charge in [-0.15, -0.1) is 0 Å². The third-order valence-electron chi connectivity index (χ3n) is 3.75. The second-order valence-corrected chi connectivity index (χ2v) is 5.74. The Balaban J connectivity index is 2.34. The van der Waals surface area contributed by atoms with E-state index in [0.29, 0.717) is 24.9 Å². The minimum absolute atomic E-state index is 0.0126. The van der Waals surface area contributed by atoms with Gasteiger partial charge in [0.2, 0.25) is 5.91 Å². The highest BCUT2D eigenvalue weighted by Crippen LogP contribution is 2.13. The molecular weight excluding hydrogens is 278 g/mol. The molecule has 0 aliphatic heterocycles. The van der Waals surface area contributed by atoms with Crippen molar-refractivity contribution in [2.24, 2.45) is 5.92 Å². The maximum absolute atomic E-state index is 12.6. The van der Waals surface area contributed by atoms with Gasteiger partial charge < -0.3 is 5.32 Å². The van der Waals surface area contributed by atoms with E-state index >= 15 is 0 Å². The molecule has 2 aromatic rings. The van der Waals surface area contributed by atoms with Crippen LogP contribution in [0.2, 0.25) is 0 Å². The number of amides is 1. The Morgan fingerprint density at radius 2 is 2.09 bits per heavy atom. The van der Waals surface area contributed by atoms with E-state index in [0.717, 1.165) is 16.9 Å². The van der Waals surface area contributed by atoms with Gasteiger partial charge in [-0.1, -0.05) is 26.0 Å². The van der Waals surface area contributed by atoms with Crippen LogP contribution in [0.4, 0.5) is 0 Å². The van der Waals surface area contributed by atoms with Crippen LogP contribution in [0.1, 0.15) is 32.2 Å². The number of aromatic nitrogens is 2. The van der Waals surface area contributed by atoms with Gasteiger partial charge in [-0.25, -0.2) is 4.98 Å². The van der Waals surface area contributed by atoms with Crippen LogP contribution in [0.3, 0.4) is 0 Å². The molecule has 1 N–H and O–H groups in total. The van der Waals surface area contributed by atoms with Crippen LogP contribution in [-0.4, -0.2) is 22.0 Å². The molecule has 1 aromatic carbocycles. The Labute approximate surface area is 130 Å². The SMILES string of the molecule is CCn1c(CCNC(=O)C(C)C)nc2c(C)cccc2c1=O. The zero-order valence-electron chi connectivity index (χ0n) is 13.6. The molecule has 0 spiro atoms. The Morgan fingerprint density at radius 3 is 2.73 bits per heavy atom. The van der Waals surface area contributed by atoms with Crippen LogP contribution in [0.25, 0.3) is 10.9 Å². The van der Waals surface area contributed by atoms with E-state index in [2.05, 4.69) is 10.3 Å². The summed E-state index contributed by atoms with van der Waals surface area (Å²) in [6.45, 7) is 8.66. The fourth-order valence-corrected chi connectivity index (χ4v) is 2.45. The second kappa shape index (κ2) is 6.73. The van der Waals surface area contributed by atoms with Gasteiger partial charge in [-0.3, -0.25) is 14.2 Å². The quantitative estimate of drug-likeness (QED) is 0.919. The maximum Gasteiger partial charge on any atom is 0.261 e. The number of benzene rings is 1. The fraction of sp³-hybridized carbons (Fsp3) is 0.471. The third kappa shape index (κ3) is 3.18. The summed E-state index contributed by atoms with van der Waals surface area (Å²) in [6, 6.07) is 5.65. The number of hydrogen-bond donors (Lipinski definition) is 1. The standard InChI is InChI=1S/C17H23N3O2/c1-5-20-14(9-10-18-16(21)11(2)3)19-15-12(4)7-6-8-13(15)17(20)22/h6-8,11H,5,9-10H2,1-4H3,(H,18,21). The maximum atomic E-state index is 12.6. The van der Waals surface area contributed by atoms with Crippen LogP contribution < -0.4 is 10.9 Å². The van der Waals surface area contributed by atoms with Gasteiger partial charge in [0, 0.05) is 25.4 Å². The normalized spacial score (nSPS) is 11.1. The lowest BCUT2D eigenvalue weighted by atomic mass is 10.1. The van der Waals surface area contributed by atoms with Crippen LogP contribution in [-0.2, 0) is 17.8 Å². The first-order valence-corrected chi connectivity index (χ1v) is 7.72. The van der Waals surface area contributed by atoms with Crippen molar-refractivity contribution in [3.05, 3.63) is 39.9 Å². The summed E-state index contributed by atoms with van der Waals surface area (Å²) in [5.41, 5.74) is 1.73. The second-order valence-electron chi connectivity index (χ2n) is 5.74. The molecule has 22 heavy (non-hydrogen) atoms. The largest absolute Gasteiger partial charge is 0.355 e. The molecule has 0 saturated carbocycles. The first-order chi connectivity index (χ1) is 10.5. The summed E-state index contributed by atoms with van der Waals surface area (Å²) in [5, 5.41) is 3.52. The van der Waals surface area contributed by atoms with E-state index in [-0.39, 0.29) is 17.4 Å². The number of nitrogens with one attached hydrogen (secondary N) is 1. The Hall–Kier alpha value is -2.17. The summed E-state index contributed by atoms with van der Waals surface area (Å²) in [5.74, 6) is 0.695. The molecule has 0 fully saturated rings. The summed E-state index contributed by atoms with van der Waals surface area (Å²) >= 11 is 0. The average Bonchev–Trinajstić information content (AvgIpc) is 2.48. The number of carbonyl (C=O) groups is 1. The van der Waals surface area contributed by atoms with E-state index in [1.54, 1.807) is 4.57 Å². The Bertz CT molecular complexity index is 747. The monoisotopic (exact) mass is 301 g/mol. The molecule has 1 aromatic heterocycles. The van der Waals surface area contributed by atoms with Gasteiger partial charge in [0.25, 0.3) is 5.56 Å². The number of rotatable bonds is 5.